The molecular weight excluding hydrogens is 410 g/mol. The highest BCUT2D eigenvalue weighted by atomic mass is 16.7. The van der Waals surface area contributed by atoms with Gasteiger partial charge in [-0.25, -0.2) is 9.88 Å². The summed E-state index contributed by atoms with van der Waals surface area (Å²) in [5.74, 6) is -1.11. The number of rotatable bonds is 3. The maximum atomic E-state index is 13.6. The van der Waals surface area contributed by atoms with Crippen molar-refractivity contribution in [3.63, 3.8) is 0 Å². The molecule has 3 fully saturated rings. The molecule has 162 valence electrons. The number of hydrogen-bond acceptors (Lipinski definition) is 7. The standard InChI is InChI=1S/C23H21N5O4/c29-21-17(20(26-11-6-7-12-26)24-15-10-4-5-13-27(15)21)18-16-19(32-25-18)23(31)28(22(16)30)14-8-2-1-3-9-14/h1-5,8-10,13,16,18-19,25H,6-7,11-12H2/t16-,18-,19+/m1/s1. The van der Waals surface area contributed by atoms with Crippen LogP contribution in [-0.2, 0) is 14.4 Å². The summed E-state index contributed by atoms with van der Waals surface area (Å²) in [7, 11) is 0. The van der Waals surface area contributed by atoms with Gasteiger partial charge in [0.1, 0.15) is 11.5 Å². The predicted octanol–water partition coefficient (Wildman–Crippen LogP) is 1.43. The van der Waals surface area contributed by atoms with E-state index in [0.29, 0.717) is 22.7 Å². The molecular formula is C23H21N5O4. The van der Waals surface area contributed by atoms with Crippen LogP contribution in [0, 0.1) is 5.92 Å². The highest BCUT2D eigenvalue weighted by Crippen LogP contribution is 2.41. The maximum absolute atomic E-state index is 13.6. The highest BCUT2D eigenvalue weighted by molar-refractivity contribution is 6.23. The average Bonchev–Trinajstić information content (AvgIpc) is 3.54. The van der Waals surface area contributed by atoms with Gasteiger partial charge >= 0.3 is 0 Å². The maximum Gasteiger partial charge on any atom is 0.265 e. The quantitative estimate of drug-likeness (QED) is 0.627. The van der Waals surface area contributed by atoms with E-state index < -0.39 is 24.0 Å². The molecule has 6 rings (SSSR count). The van der Waals surface area contributed by atoms with Crippen LogP contribution in [0.5, 0.6) is 0 Å². The number of carbonyl (C=O) groups excluding carboxylic acids is 2. The van der Waals surface area contributed by atoms with Gasteiger partial charge in [0.15, 0.2) is 6.10 Å². The number of para-hydroxylation sites is 1. The number of nitrogens with zero attached hydrogens (tertiary/aromatic N) is 4. The van der Waals surface area contributed by atoms with Crippen LogP contribution in [0.15, 0.2) is 59.5 Å². The molecule has 1 aromatic carbocycles. The Kier molecular flexibility index (Phi) is 4.34. The Labute approximate surface area is 183 Å². The summed E-state index contributed by atoms with van der Waals surface area (Å²) in [6.07, 6.45) is 2.69. The fourth-order valence-electron chi connectivity index (χ4n) is 4.93. The lowest BCUT2D eigenvalue weighted by Gasteiger charge is -2.24. The largest absolute Gasteiger partial charge is 0.356 e. The van der Waals surface area contributed by atoms with Crippen LogP contribution >= 0.6 is 0 Å². The van der Waals surface area contributed by atoms with Crippen molar-refractivity contribution in [2.24, 2.45) is 5.92 Å². The Morgan fingerprint density at radius 3 is 2.47 bits per heavy atom. The number of hydroxylamine groups is 1. The summed E-state index contributed by atoms with van der Waals surface area (Å²) in [5, 5.41) is 0. The summed E-state index contributed by atoms with van der Waals surface area (Å²) in [6, 6.07) is 13.4. The smallest absolute Gasteiger partial charge is 0.265 e. The molecule has 3 saturated heterocycles. The summed E-state index contributed by atoms with van der Waals surface area (Å²) in [4.78, 5) is 53.7. The zero-order valence-corrected chi connectivity index (χ0v) is 17.2. The second-order valence-corrected chi connectivity index (χ2v) is 8.28. The molecule has 9 heteroatoms. The van der Waals surface area contributed by atoms with Crippen molar-refractivity contribution in [1.82, 2.24) is 14.9 Å². The van der Waals surface area contributed by atoms with Crippen LogP contribution in [0.3, 0.4) is 0 Å². The molecule has 3 aromatic rings. The molecule has 9 nitrogen and oxygen atoms in total. The zero-order valence-electron chi connectivity index (χ0n) is 17.2. The highest BCUT2D eigenvalue weighted by Gasteiger charge is 2.58. The Morgan fingerprint density at radius 1 is 0.938 bits per heavy atom. The summed E-state index contributed by atoms with van der Waals surface area (Å²) in [5.41, 5.74) is 3.96. The molecule has 3 atom stereocenters. The van der Waals surface area contributed by atoms with Gasteiger partial charge in [-0.05, 0) is 37.1 Å². The number of fused-ring (bicyclic) bond motifs is 2. The molecule has 2 aromatic heterocycles. The first-order valence-corrected chi connectivity index (χ1v) is 10.8. The lowest BCUT2D eigenvalue weighted by atomic mass is 9.92. The number of benzene rings is 1. The molecule has 0 spiro atoms. The van der Waals surface area contributed by atoms with E-state index in [0.717, 1.165) is 30.8 Å². The van der Waals surface area contributed by atoms with E-state index in [1.807, 2.05) is 12.1 Å². The van der Waals surface area contributed by atoms with E-state index in [9.17, 15) is 14.4 Å². The minimum Gasteiger partial charge on any atom is -0.356 e. The number of carbonyl (C=O) groups is 2. The number of pyridine rings is 1. The van der Waals surface area contributed by atoms with Crippen LogP contribution in [0.4, 0.5) is 11.5 Å². The number of aromatic nitrogens is 2. The van der Waals surface area contributed by atoms with E-state index >= 15 is 0 Å². The van der Waals surface area contributed by atoms with Gasteiger partial charge in [0.25, 0.3) is 11.5 Å². The lowest BCUT2D eigenvalue weighted by molar-refractivity contribution is -0.128. The number of imide groups is 1. The van der Waals surface area contributed by atoms with Crippen LogP contribution in [0.2, 0.25) is 0 Å². The van der Waals surface area contributed by atoms with Crippen molar-refractivity contribution in [2.75, 3.05) is 22.9 Å². The fraction of sp³-hybridized carbons (Fsp3) is 0.304. The molecule has 3 aliphatic rings. The van der Waals surface area contributed by atoms with Gasteiger partial charge in [0.05, 0.1) is 23.2 Å². The Morgan fingerprint density at radius 2 is 1.69 bits per heavy atom. The Hall–Kier alpha value is -3.56. The van der Waals surface area contributed by atoms with Crippen molar-refractivity contribution in [3.8, 4) is 0 Å². The van der Waals surface area contributed by atoms with Gasteiger partial charge in [-0.3, -0.25) is 23.6 Å². The summed E-state index contributed by atoms with van der Waals surface area (Å²) >= 11 is 0. The number of anilines is 2. The third-order valence-electron chi connectivity index (χ3n) is 6.46. The molecule has 2 amide bonds. The molecule has 0 bridgehead atoms. The molecule has 0 radical (unpaired) electrons. The van der Waals surface area contributed by atoms with Gasteiger partial charge in [-0.15, -0.1) is 0 Å². The molecule has 5 heterocycles. The fourth-order valence-corrected chi connectivity index (χ4v) is 4.93. The lowest BCUT2D eigenvalue weighted by Crippen LogP contribution is -2.38. The topological polar surface area (TPSA) is 96.2 Å². The van der Waals surface area contributed by atoms with Gasteiger partial charge in [0, 0.05) is 19.3 Å². The zero-order chi connectivity index (χ0) is 21.8. The van der Waals surface area contributed by atoms with E-state index in [4.69, 9.17) is 9.82 Å². The third kappa shape index (κ3) is 2.71. The first kappa shape index (κ1) is 19.1. The second kappa shape index (κ2) is 7.25. The number of nitrogens with one attached hydrogen (secondary N) is 1. The van der Waals surface area contributed by atoms with Gasteiger partial charge in [0.2, 0.25) is 5.91 Å². The van der Waals surface area contributed by atoms with Crippen LogP contribution in [-0.4, -0.2) is 40.4 Å². The molecule has 0 unspecified atom stereocenters. The minimum absolute atomic E-state index is 0.266. The molecule has 0 aliphatic carbocycles. The molecule has 0 saturated carbocycles. The van der Waals surface area contributed by atoms with Gasteiger partial charge in [-0.1, -0.05) is 24.3 Å². The molecule has 1 N–H and O–H groups in total. The normalized spacial score (nSPS) is 25.2. The Balaban J connectivity index is 1.49. The van der Waals surface area contributed by atoms with E-state index in [-0.39, 0.29) is 11.5 Å². The number of amides is 2. The summed E-state index contributed by atoms with van der Waals surface area (Å²) < 4.78 is 1.47. The predicted molar refractivity (Wildman–Crippen MR) is 116 cm³/mol. The van der Waals surface area contributed by atoms with E-state index in [1.165, 1.54) is 4.40 Å². The molecule has 32 heavy (non-hydrogen) atoms. The minimum atomic E-state index is -0.991. The van der Waals surface area contributed by atoms with E-state index in [2.05, 4.69) is 10.4 Å². The van der Waals surface area contributed by atoms with Gasteiger partial charge in [-0.2, -0.15) is 5.48 Å². The van der Waals surface area contributed by atoms with Crippen LogP contribution in [0.1, 0.15) is 24.4 Å². The first-order valence-electron chi connectivity index (χ1n) is 10.8. The van der Waals surface area contributed by atoms with Crippen LogP contribution in [0.25, 0.3) is 5.65 Å². The first-order chi connectivity index (χ1) is 15.6. The van der Waals surface area contributed by atoms with E-state index in [1.54, 1.807) is 42.6 Å². The SMILES string of the molecule is O=C1[C@H]2[C@H](ON[C@H]2c2c(N3CCCC3)nc3ccccn3c2=O)C(=O)N1c1ccccc1. The van der Waals surface area contributed by atoms with Crippen molar-refractivity contribution in [2.45, 2.75) is 25.0 Å². The van der Waals surface area contributed by atoms with Crippen molar-refractivity contribution in [1.29, 1.82) is 0 Å². The van der Waals surface area contributed by atoms with Crippen molar-refractivity contribution in [3.05, 3.63) is 70.6 Å². The van der Waals surface area contributed by atoms with Crippen molar-refractivity contribution >= 4 is 29.0 Å². The monoisotopic (exact) mass is 431 g/mol. The Bertz CT molecular complexity index is 1280. The second-order valence-electron chi connectivity index (χ2n) is 8.28. The van der Waals surface area contributed by atoms with Crippen LogP contribution < -0.4 is 20.8 Å². The average molecular weight is 431 g/mol. The molecule has 3 aliphatic heterocycles. The third-order valence-corrected chi connectivity index (χ3v) is 6.46. The van der Waals surface area contributed by atoms with Crippen molar-refractivity contribution < 1.29 is 14.4 Å². The van der Waals surface area contributed by atoms with Gasteiger partial charge < -0.3 is 4.90 Å². The summed E-state index contributed by atoms with van der Waals surface area (Å²) in [6.45, 7) is 1.57. The number of hydrogen-bond donors (Lipinski definition) is 1.